The minimum Gasteiger partial charge on any atom is -0.462 e. The van der Waals surface area contributed by atoms with Crippen LogP contribution in [-0.4, -0.2) is 95.6 Å². The van der Waals surface area contributed by atoms with E-state index in [1.54, 1.807) is 57.2 Å². The first-order chi connectivity index (χ1) is 29.1. The molecule has 0 aliphatic carbocycles. The molecule has 0 saturated carbocycles. The average molecular weight is 889 g/mol. The molecule has 4 heterocycles. The number of halogens is 2. The molecule has 2 aliphatic rings. The normalized spacial score (nSPS) is 19.1. The number of nitrogens with zero attached hydrogens (tertiary/aromatic N) is 4. The maximum atomic E-state index is 17.2. The predicted molar refractivity (Wildman–Crippen MR) is 239 cm³/mol. The molecule has 62 heavy (non-hydrogen) atoms. The second-order valence-electron chi connectivity index (χ2n) is 19.2. The van der Waals surface area contributed by atoms with Crippen LogP contribution < -0.4 is 15.1 Å². The van der Waals surface area contributed by atoms with E-state index in [9.17, 15) is 9.59 Å². The Balaban J connectivity index is 1.27. The third kappa shape index (κ3) is 9.47. The van der Waals surface area contributed by atoms with Gasteiger partial charge < -0.3 is 18.6 Å². The quantitative estimate of drug-likeness (QED) is 0.127. The molecule has 2 aromatic heterocycles. The van der Waals surface area contributed by atoms with Crippen LogP contribution in [0.3, 0.4) is 0 Å². The van der Waals surface area contributed by atoms with E-state index < -0.39 is 74.0 Å². The van der Waals surface area contributed by atoms with E-state index in [1.807, 2.05) is 91.9 Å². The van der Waals surface area contributed by atoms with Crippen molar-refractivity contribution in [3.05, 3.63) is 107 Å². The van der Waals surface area contributed by atoms with Crippen molar-refractivity contribution in [2.45, 2.75) is 116 Å². The number of benzene rings is 3. The molecule has 0 N–H and O–H groups in total. The second kappa shape index (κ2) is 17.1. The highest BCUT2D eigenvalue weighted by molar-refractivity contribution is 7.13. The lowest BCUT2D eigenvalue weighted by atomic mass is 9.91. The number of para-hydroxylation sites is 1. The van der Waals surface area contributed by atoms with Crippen LogP contribution >= 0.6 is 11.3 Å². The first-order valence-corrected chi connectivity index (χ1v) is 23.8. The van der Waals surface area contributed by atoms with Gasteiger partial charge in [0.1, 0.15) is 23.9 Å². The summed E-state index contributed by atoms with van der Waals surface area (Å²) in [6.45, 7) is 17.5. The van der Waals surface area contributed by atoms with E-state index in [0.29, 0.717) is 22.5 Å². The highest BCUT2D eigenvalue weighted by Gasteiger charge is 2.53. The number of aromatic nitrogens is 2. The minimum absolute atomic E-state index is 0.0787. The Morgan fingerprint density at radius 3 is 2.02 bits per heavy atom. The van der Waals surface area contributed by atoms with Crippen LogP contribution in [0.5, 0.6) is 5.19 Å². The van der Waals surface area contributed by atoms with E-state index in [4.69, 9.17) is 23.5 Å². The molecule has 1 saturated heterocycles. The SMILES string of the molecule is C[C@@H]1Cc2c(n(C(=O)OC(C)(C)C)c3ccccc23)[C@@H](c2cnc(O[C@@H]3CON(C(=O)OC(C)(C)C)C3)s2)N1CC(F)(F)CO[Si](c1ccccc1)(c1ccccc1)C(C)(C)C. The fourth-order valence-electron chi connectivity index (χ4n) is 8.56. The van der Waals surface area contributed by atoms with Crippen molar-refractivity contribution in [3.8, 4) is 5.19 Å². The molecule has 2 aliphatic heterocycles. The molecule has 3 aromatic carbocycles. The Bertz CT molecular complexity index is 2330. The summed E-state index contributed by atoms with van der Waals surface area (Å²) in [7, 11) is -3.32. The van der Waals surface area contributed by atoms with Crippen LogP contribution in [0.2, 0.25) is 5.04 Å². The average Bonchev–Trinajstić information content (AvgIpc) is 3.93. The Morgan fingerprint density at radius 2 is 1.42 bits per heavy atom. The lowest BCUT2D eigenvalue weighted by Gasteiger charge is -2.45. The summed E-state index contributed by atoms with van der Waals surface area (Å²) in [5.74, 6) is -3.35. The summed E-state index contributed by atoms with van der Waals surface area (Å²) in [5, 5.41) is 3.54. The molecule has 1 fully saturated rings. The third-order valence-corrected chi connectivity index (χ3v) is 16.9. The molecule has 7 rings (SSSR count). The number of hydrogen-bond donors (Lipinski definition) is 0. The van der Waals surface area contributed by atoms with Gasteiger partial charge in [-0.25, -0.2) is 27.9 Å². The van der Waals surface area contributed by atoms with E-state index in [0.717, 1.165) is 26.4 Å². The zero-order chi connectivity index (χ0) is 44.8. The van der Waals surface area contributed by atoms with Crippen LogP contribution in [0.25, 0.3) is 10.9 Å². The Morgan fingerprint density at radius 1 is 0.839 bits per heavy atom. The van der Waals surface area contributed by atoms with Crippen molar-refractivity contribution in [2.75, 3.05) is 26.3 Å². The predicted octanol–water partition coefficient (Wildman–Crippen LogP) is 9.36. The molecule has 332 valence electrons. The maximum absolute atomic E-state index is 17.2. The lowest BCUT2D eigenvalue weighted by Crippen LogP contribution is -2.67. The molecule has 5 aromatic rings. The lowest BCUT2D eigenvalue weighted by molar-refractivity contribution is -0.107. The van der Waals surface area contributed by atoms with Gasteiger partial charge in [0.05, 0.1) is 41.8 Å². The van der Waals surface area contributed by atoms with Crippen molar-refractivity contribution in [3.63, 3.8) is 0 Å². The smallest absolute Gasteiger partial charge is 0.434 e. The van der Waals surface area contributed by atoms with Gasteiger partial charge in [-0.1, -0.05) is 111 Å². The number of carbonyl (C=O) groups is 2. The topological polar surface area (TPSA) is 105 Å². The summed E-state index contributed by atoms with van der Waals surface area (Å²) >= 11 is 1.20. The van der Waals surface area contributed by atoms with Gasteiger partial charge in [-0.05, 0) is 81.9 Å². The molecule has 1 amide bonds. The maximum Gasteiger partial charge on any atom is 0.434 e. The first kappa shape index (κ1) is 45.4. The second-order valence-corrected chi connectivity index (χ2v) is 24.6. The van der Waals surface area contributed by atoms with E-state index in [1.165, 1.54) is 11.3 Å². The van der Waals surface area contributed by atoms with Crippen LogP contribution in [0.4, 0.5) is 18.4 Å². The largest absolute Gasteiger partial charge is 0.462 e. The van der Waals surface area contributed by atoms with Gasteiger partial charge in [0.25, 0.3) is 19.4 Å². The number of thiazole rings is 1. The number of ether oxygens (including phenoxy) is 3. The fraction of sp³-hybridized carbons (Fsp3) is 0.468. The van der Waals surface area contributed by atoms with Crippen molar-refractivity contribution < 1.29 is 41.8 Å². The first-order valence-electron chi connectivity index (χ1n) is 21.1. The van der Waals surface area contributed by atoms with E-state index >= 15 is 8.78 Å². The Hall–Kier alpha value is -4.67. The van der Waals surface area contributed by atoms with Crippen LogP contribution in [0.15, 0.2) is 91.1 Å². The molecule has 0 bridgehead atoms. The molecular weight excluding hydrogens is 831 g/mol. The van der Waals surface area contributed by atoms with E-state index in [2.05, 4.69) is 25.8 Å². The Labute approximate surface area is 368 Å². The van der Waals surface area contributed by atoms with Crippen molar-refractivity contribution >= 4 is 53.1 Å². The summed E-state index contributed by atoms with van der Waals surface area (Å²) in [6.07, 6.45) is 0.222. The van der Waals surface area contributed by atoms with Crippen molar-refractivity contribution in [1.29, 1.82) is 0 Å². The summed E-state index contributed by atoms with van der Waals surface area (Å²) in [4.78, 5) is 39.6. The van der Waals surface area contributed by atoms with Gasteiger partial charge >= 0.3 is 12.2 Å². The number of carbonyl (C=O) groups excluding carboxylic acids is 2. The summed E-state index contributed by atoms with van der Waals surface area (Å²) in [6, 6.07) is 25.8. The minimum atomic E-state index is -3.35. The molecule has 0 unspecified atom stereocenters. The van der Waals surface area contributed by atoms with Gasteiger partial charge in [-0.15, -0.1) is 0 Å². The van der Waals surface area contributed by atoms with Gasteiger partial charge in [-0.3, -0.25) is 9.74 Å². The molecule has 3 atom stereocenters. The fourth-order valence-corrected chi connectivity index (χ4v) is 14.1. The zero-order valence-corrected chi connectivity index (χ0v) is 39.1. The number of alkyl halides is 2. The van der Waals surface area contributed by atoms with E-state index in [-0.39, 0.29) is 18.3 Å². The standard InChI is InChI=1S/C47H58F2N4O7SSi/c1-31-25-36-35-23-17-18-24-37(35)53(43(55)60-45(5,6)7)39(36)40(38-26-50-41(61-38)58-32-27-52(56-28-32)42(54)59-44(2,3)4)51(31)29-47(48,49)30-57-62(46(8,9)10,33-19-13-11-14-20-33)34-21-15-12-16-22-34/h11-24,26,31-32,40H,25,27-30H2,1-10H3/t31-,32+,40-/m1/s1. The van der Waals surface area contributed by atoms with Crippen molar-refractivity contribution in [1.82, 2.24) is 19.5 Å². The zero-order valence-electron chi connectivity index (χ0n) is 37.2. The van der Waals surface area contributed by atoms with Crippen LogP contribution in [0, 0.1) is 0 Å². The van der Waals surface area contributed by atoms with Crippen LogP contribution in [-0.2, 0) is 25.2 Å². The number of fused-ring (bicyclic) bond motifs is 3. The monoisotopic (exact) mass is 888 g/mol. The van der Waals surface area contributed by atoms with Gasteiger partial charge in [0.2, 0.25) is 0 Å². The number of hydroxylamine groups is 2. The van der Waals surface area contributed by atoms with Gasteiger partial charge in [-0.2, -0.15) is 5.06 Å². The number of amides is 1. The highest BCUT2D eigenvalue weighted by atomic mass is 32.1. The van der Waals surface area contributed by atoms with Crippen LogP contribution in [0.1, 0.15) is 91.4 Å². The molecular formula is C47H58F2N4O7SSi. The summed E-state index contributed by atoms with van der Waals surface area (Å²) < 4.78 is 60.5. The molecule has 15 heteroatoms. The van der Waals surface area contributed by atoms with Crippen molar-refractivity contribution in [2.24, 2.45) is 0 Å². The molecule has 0 radical (unpaired) electrons. The molecule has 0 spiro atoms. The number of rotatable bonds is 10. The van der Waals surface area contributed by atoms with Gasteiger partial charge in [0.15, 0.2) is 0 Å². The van der Waals surface area contributed by atoms with Gasteiger partial charge in [0, 0.05) is 17.6 Å². The highest BCUT2D eigenvalue weighted by Crippen LogP contribution is 2.47. The summed E-state index contributed by atoms with van der Waals surface area (Å²) in [5.41, 5.74) is 0.495. The molecule has 11 nitrogen and oxygen atoms in total. The number of hydrogen-bond acceptors (Lipinski definition) is 10. The third-order valence-electron chi connectivity index (χ3n) is 11.0. The Kier molecular flexibility index (Phi) is 12.5.